The molecule has 0 aliphatic heterocycles. The van der Waals surface area contributed by atoms with Crippen LogP contribution in [0.3, 0.4) is 0 Å². The average molecular weight is 307 g/mol. The van der Waals surface area contributed by atoms with Crippen molar-refractivity contribution in [1.82, 2.24) is 4.98 Å². The third-order valence-corrected chi connectivity index (χ3v) is 2.96. The molecule has 1 heterocycles. The highest BCUT2D eigenvalue weighted by Gasteiger charge is 2.08. The molecule has 0 aliphatic rings. The quantitative estimate of drug-likeness (QED) is 0.759. The first-order chi connectivity index (χ1) is 8.72. The Bertz CT molecular complexity index is 678. The topological polar surface area (TPSA) is 38.1 Å². The van der Waals surface area contributed by atoms with Crippen molar-refractivity contribution < 1.29 is 8.81 Å². The van der Waals surface area contributed by atoms with E-state index in [4.69, 9.17) is 4.42 Å². The Morgan fingerprint density at radius 2 is 2.00 bits per heavy atom. The number of nitrogens with zero attached hydrogens (tertiary/aromatic N) is 1. The smallest absolute Gasteiger partial charge is 0.300 e. The number of oxazole rings is 1. The highest BCUT2D eigenvalue weighted by Crippen LogP contribution is 2.25. The van der Waals surface area contributed by atoms with Crippen LogP contribution in [0.1, 0.15) is 0 Å². The first-order valence-corrected chi connectivity index (χ1v) is 6.09. The fraction of sp³-hybridized carbons (Fsp3) is 0. The van der Waals surface area contributed by atoms with Crippen molar-refractivity contribution in [1.29, 1.82) is 0 Å². The maximum atomic E-state index is 13.6. The van der Waals surface area contributed by atoms with Crippen molar-refractivity contribution in [3.05, 3.63) is 52.8 Å². The van der Waals surface area contributed by atoms with Crippen LogP contribution >= 0.6 is 15.9 Å². The molecule has 1 aromatic heterocycles. The molecule has 0 unspecified atom stereocenters. The van der Waals surface area contributed by atoms with Gasteiger partial charge in [-0.05, 0) is 30.3 Å². The summed E-state index contributed by atoms with van der Waals surface area (Å²) in [5, 5.41) is 2.82. The van der Waals surface area contributed by atoms with Crippen LogP contribution in [0.15, 0.2) is 51.4 Å². The molecular weight excluding hydrogens is 299 g/mol. The normalized spacial score (nSPS) is 10.8. The van der Waals surface area contributed by atoms with E-state index < -0.39 is 0 Å². The van der Waals surface area contributed by atoms with Gasteiger partial charge in [-0.3, -0.25) is 0 Å². The third-order valence-electron chi connectivity index (χ3n) is 2.47. The summed E-state index contributed by atoms with van der Waals surface area (Å²) in [6.07, 6.45) is 0. The number of aromatic nitrogens is 1. The van der Waals surface area contributed by atoms with Crippen LogP contribution in [0.4, 0.5) is 16.1 Å². The van der Waals surface area contributed by atoms with Gasteiger partial charge in [-0.1, -0.05) is 28.1 Å². The summed E-state index contributed by atoms with van der Waals surface area (Å²) in [7, 11) is 0. The van der Waals surface area contributed by atoms with Gasteiger partial charge in [-0.15, -0.1) is 0 Å². The Balaban J connectivity index is 1.96. The van der Waals surface area contributed by atoms with Crippen molar-refractivity contribution in [2.45, 2.75) is 0 Å². The number of nitrogens with one attached hydrogen (secondary N) is 1. The van der Waals surface area contributed by atoms with Crippen LogP contribution in [-0.4, -0.2) is 4.98 Å². The number of benzene rings is 2. The van der Waals surface area contributed by atoms with Crippen LogP contribution < -0.4 is 5.32 Å². The molecule has 0 atom stereocenters. The lowest BCUT2D eigenvalue weighted by molar-refractivity contribution is 0.611. The van der Waals surface area contributed by atoms with Crippen molar-refractivity contribution in [3.63, 3.8) is 0 Å². The van der Waals surface area contributed by atoms with E-state index in [-0.39, 0.29) is 11.8 Å². The summed E-state index contributed by atoms with van der Waals surface area (Å²) in [5.41, 5.74) is 1.72. The van der Waals surface area contributed by atoms with Gasteiger partial charge in [0.1, 0.15) is 11.3 Å². The minimum absolute atomic E-state index is 0.275. The molecule has 3 nitrogen and oxygen atoms in total. The number of hydrogen-bond acceptors (Lipinski definition) is 3. The molecule has 0 saturated heterocycles. The summed E-state index contributed by atoms with van der Waals surface area (Å²) in [6, 6.07) is 12.4. The minimum Gasteiger partial charge on any atom is -0.423 e. The monoisotopic (exact) mass is 306 g/mol. The van der Waals surface area contributed by atoms with Crippen molar-refractivity contribution in [2.75, 3.05) is 5.32 Å². The number of anilines is 2. The molecule has 2 aromatic carbocycles. The molecule has 90 valence electrons. The lowest BCUT2D eigenvalue weighted by Gasteiger charge is -2.02. The molecule has 0 amide bonds. The van der Waals surface area contributed by atoms with E-state index in [2.05, 4.69) is 26.2 Å². The number of fused-ring (bicyclic) bond motifs is 1. The first-order valence-electron chi connectivity index (χ1n) is 5.30. The van der Waals surface area contributed by atoms with E-state index in [1.807, 2.05) is 24.3 Å². The SMILES string of the molecule is Fc1cc(Br)ccc1Nc1nc2ccccc2o1. The summed E-state index contributed by atoms with van der Waals surface area (Å²) < 4.78 is 19.8. The molecule has 3 rings (SSSR count). The number of halogens is 2. The average Bonchev–Trinajstić information content (AvgIpc) is 2.75. The van der Waals surface area contributed by atoms with Crippen LogP contribution in [0, 0.1) is 5.82 Å². The minimum atomic E-state index is -0.369. The Kier molecular flexibility index (Phi) is 2.76. The standard InChI is InChI=1S/C13H8BrFN2O/c14-8-5-6-10(9(15)7-8)16-13-17-11-3-1-2-4-12(11)18-13/h1-7H,(H,16,17). The number of para-hydroxylation sites is 2. The molecule has 0 bridgehead atoms. The zero-order valence-electron chi connectivity index (χ0n) is 9.15. The van der Waals surface area contributed by atoms with Crippen LogP contribution in [0.25, 0.3) is 11.1 Å². The Morgan fingerprint density at radius 1 is 1.17 bits per heavy atom. The van der Waals surface area contributed by atoms with Crippen molar-refractivity contribution in [3.8, 4) is 0 Å². The molecule has 18 heavy (non-hydrogen) atoms. The Morgan fingerprint density at radius 3 is 2.78 bits per heavy atom. The predicted molar refractivity (Wildman–Crippen MR) is 71.4 cm³/mol. The number of rotatable bonds is 2. The summed E-state index contributed by atoms with van der Waals surface area (Å²) in [5.74, 6) is -0.369. The van der Waals surface area contributed by atoms with Gasteiger partial charge >= 0.3 is 0 Å². The Hall–Kier alpha value is -1.88. The second kappa shape index (κ2) is 4.42. The molecule has 0 saturated carbocycles. The van der Waals surface area contributed by atoms with E-state index in [0.717, 1.165) is 5.52 Å². The van der Waals surface area contributed by atoms with Gasteiger partial charge in [0.25, 0.3) is 6.01 Å². The lowest BCUT2D eigenvalue weighted by Crippen LogP contribution is -1.93. The lowest BCUT2D eigenvalue weighted by atomic mass is 10.3. The molecular formula is C13H8BrFN2O. The second-order valence-electron chi connectivity index (χ2n) is 3.74. The van der Waals surface area contributed by atoms with Crippen LogP contribution in [0.5, 0.6) is 0 Å². The van der Waals surface area contributed by atoms with Gasteiger partial charge in [0, 0.05) is 4.47 Å². The van der Waals surface area contributed by atoms with E-state index >= 15 is 0 Å². The van der Waals surface area contributed by atoms with Crippen LogP contribution in [-0.2, 0) is 0 Å². The van der Waals surface area contributed by atoms with E-state index in [1.54, 1.807) is 12.1 Å². The van der Waals surface area contributed by atoms with Crippen molar-refractivity contribution in [2.24, 2.45) is 0 Å². The van der Waals surface area contributed by atoms with Gasteiger partial charge < -0.3 is 9.73 Å². The summed E-state index contributed by atoms with van der Waals surface area (Å²) in [6.45, 7) is 0. The summed E-state index contributed by atoms with van der Waals surface area (Å²) >= 11 is 3.20. The first kappa shape index (κ1) is 11.2. The maximum Gasteiger partial charge on any atom is 0.300 e. The van der Waals surface area contributed by atoms with Gasteiger partial charge in [-0.25, -0.2) is 4.39 Å². The van der Waals surface area contributed by atoms with Crippen molar-refractivity contribution >= 4 is 38.7 Å². The van der Waals surface area contributed by atoms with E-state index in [9.17, 15) is 4.39 Å². The van der Waals surface area contributed by atoms with Gasteiger partial charge in [0.05, 0.1) is 5.69 Å². The second-order valence-corrected chi connectivity index (χ2v) is 4.65. The third kappa shape index (κ3) is 2.09. The molecule has 0 spiro atoms. The summed E-state index contributed by atoms with van der Waals surface area (Å²) in [4.78, 5) is 4.22. The zero-order chi connectivity index (χ0) is 12.5. The molecule has 1 N–H and O–H groups in total. The molecule has 5 heteroatoms. The zero-order valence-corrected chi connectivity index (χ0v) is 10.7. The molecule has 0 fully saturated rings. The molecule has 0 radical (unpaired) electrons. The predicted octanol–water partition coefficient (Wildman–Crippen LogP) is 4.47. The van der Waals surface area contributed by atoms with E-state index in [1.165, 1.54) is 6.07 Å². The fourth-order valence-corrected chi connectivity index (χ4v) is 1.96. The highest BCUT2D eigenvalue weighted by molar-refractivity contribution is 9.10. The van der Waals surface area contributed by atoms with Gasteiger partial charge in [-0.2, -0.15) is 4.98 Å². The van der Waals surface area contributed by atoms with Gasteiger partial charge in [0.15, 0.2) is 5.58 Å². The largest absolute Gasteiger partial charge is 0.423 e. The van der Waals surface area contributed by atoms with Crippen LogP contribution in [0.2, 0.25) is 0 Å². The Labute approximate surface area is 111 Å². The molecule has 3 aromatic rings. The number of hydrogen-bond donors (Lipinski definition) is 1. The molecule has 0 aliphatic carbocycles. The maximum absolute atomic E-state index is 13.6. The highest BCUT2D eigenvalue weighted by atomic mass is 79.9. The van der Waals surface area contributed by atoms with E-state index in [0.29, 0.717) is 15.7 Å². The fourth-order valence-electron chi connectivity index (χ4n) is 1.63. The van der Waals surface area contributed by atoms with Gasteiger partial charge in [0.2, 0.25) is 0 Å².